The molecule has 0 spiro atoms. The molecule has 3 N–H and O–H groups in total. The highest BCUT2D eigenvalue weighted by atomic mass is 79.9. The van der Waals surface area contributed by atoms with Crippen LogP contribution in [0.1, 0.15) is 40.2 Å². The summed E-state index contributed by atoms with van der Waals surface area (Å²) in [7, 11) is -0.541. The van der Waals surface area contributed by atoms with Crippen LogP contribution in [0.2, 0.25) is 0 Å². The van der Waals surface area contributed by atoms with Crippen molar-refractivity contribution in [2.45, 2.75) is 45.8 Å². The van der Waals surface area contributed by atoms with Gasteiger partial charge in [0.1, 0.15) is 0 Å². The SMILES string of the molecule is CC(=O)NCC(=Cc1cc(Br)ccc1N)B1OC(C)(C)C(C)(C)O1. The number of hydrogen-bond donors (Lipinski definition) is 2. The number of rotatable bonds is 4. The van der Waals surface area contributed by atoms with E-state index in [9.17, 15) is 4.79 Å². The molecule has 7 heteroatoms. The van der Waals surface area contributed by atoms with Crippen molar-refractivity contribution >= 4 is 40.7 Å². The van der Waals surface area contributed by atoms with Crippen LogP contribution in [0.5, 0.6) is 0 Å². The van der Waals surface area contributed by atoms with Gasteiger partial charge in [-0.2, -0.15) is 0 Å². The number of benzene rings is 1. The Hall–Kier alpha value is -1.31. The van der Waals surface area contributed by atoms with E-state index in [2.05, 4.69) is 21.2 Å². The molecule has 0 radical (unpaired) electrons. The molecule has 1 aliphatic rings. The van der Waals surface area contributed by atoms with E-state index < -0.39 is 18.3 Å². The van der Waals surface area contributed by atoms with E-state index in [1.54, 1.807) is 0 Å². The third-order valence-corrected chi connectivity index (χ3v) is 4.98. The van der Waals surface area contributed by atoms with Gasteiger partial charge in [-0.05, 0) is 56.9 Å². The number of carbonyl (C=O) groups excluding carboxylic acids is 1. The van der Waals surface area contributed by atoms with Crippen molar-refractivity contribution in [3.63, 3.8) is 0 Å². The van der Waals surface area contributed by atoms with Gasteiger partial charge in [0.2, 0.25) is 5.91 Å². The van der Waals surface area contributed by atoms with Crippen LogP contribution in [-0.4, -0.2) is 30.8 Å². The lowest BCUT2D eigenvalue weighted by Crippen LogP contribution is -2.41. The van der Waals surface area contributed by atoms with E-state index in [-0.39, 0.29) is 5.91 Å². The smallest absolute Gasteiger partial charge is 0.400 e. The van der Waals surface area contributed by atoms with Crippen LogP contribution in [0, 0.1) is 0 Å². The molecule has 130 valence electrons. The standard InChI is InChI=1S/C17H24BBrN2O3/c1-11(22)21-10-13(8-12-9-14(19)6-7-15(12)20)18-23-16(2,3)17(4,5)24-18/h6-9H,10,20H2,1-5H3,(H,21,22). The third-order valence-electron chi connectivity index (χ3n) is 4.49. The Labute approximate surface area is 152 Å². The van der Waals surface area contributed by atoms with Crippen LogP contribution >= 0.6 is 15.9 Å². The zero-order valence-electron chi connectivity index (χ0n) is 14.8. The van der Waals surface area contributed by atoms with Gasteiger partial charge in [-0.3, -0.25) is 4.79 Å². The molecule has 1 aliphatic heterocycles. The van der Waals surface area contributed by atoms with Crippen LogP contribution < -0.4 is 11.1 Å². The number of nitrogens with two attached hydrogens (primary N) is 1. The fraction of sp³-hybridized carbons (Fsp3) is 0.471. The molecule has 0 unspecified atom stereocenters. The van der Waals surface area contributed by atoms with E-state index in [1.165, 1.54) is 6.92 Å². The zero-order valence-corrected chi connectivity index (χ0v) is 16.4. The summed E-state index contributed by atoms with van der Waals surface area (Å²) < 4.78 is 13.1. The van der Waals surface area contributed by atoms with E-state index >= 15 is 0 Å². The summed E-state index contributed by atoms with van der Waals surface area (Å²) in [6, 6.07) is 5.64. The summed E-state index contributed by atoms with van der Waals surface area (Å²) in [6.45, 7) is 9.80. The fourth-order valence-corrected chi connectivity index (χ4v) is 2.67. The van der Waals surface area contributed by atoms with Gasteiger partial charge in [0.05, 0.1) is 11.2 Å². The zero-order chi connectivity index (χ0) is 18.1. The van der Waals surface area contributed by atoms with Gasteiger partial charge < -0.3 is 20.4 Å². The number of carbonyl (C=O) groups is 1. The number of nitrogen functional groups attached to an aromatic ring is 1. The monoisotopic (exact) mass is 394 g/mol. The summed E-state index contributed by atoms with van der Waals surface area (Å²) in [4.78, 5) is 11.3. The van der Waals surface area contributed by atoms with Crippen LogP contribution in [0.25, 0.3) is 6.08 Å². The highest BCUT2D eigenvalue weighted by Crippen LogP contribution is 2.39. The first-order valence-corrected chi connectivity index (χ1v) is 8.67. The number of hydrogen-bond acceptors (Lipinski definition) is 4. The van der Waals surface area contributed by atoms with Crippen LogP contribution in [0.3, 0.4) is 0 Å². The van der Waals surface area contributed by atoms with Crippen molar-refractivity contribution in [3.8, 4) is 0 Å². The maximum Gasteiger partial charge on any atom is 0.492 e. The Bertz CT molecular complexity index is 658. The quantitative estimate of drug-likeness (QED) is 0.607. The Morgan fingerprint density at radius 2 is 1.88 bits per heavy atom. The summed E-state index contributed by atoms with van der Waals surface area (Å²) in [5.41, 5.74) is 7.48. The maximum atomic E-state index is 11.3. The molecule has 1 fully saturated rings. The van der Waals surface area contributed by atoms with Crippen molar-refractivity contribution in [1.29, 1.82) is 0 Å². The number of nitrogens with one attached hydrogen (secondary N) is 1. The predicted octanol–water partition coefficient (Wildman–Crippen LogP) is 3.18. The Morgan fingerprint density at radius 1 is 1.29 bits per heavy atom. The van der Waals surface area contributed by atoms with E-state index in [0.717, 1.165) is 15.5 Å². The summed E-state index contributed by atoms with van der Waals surface area (Å²) in [5, 5.41) is 2.81. The molecule has 1 heterocycles. The van der Waals surface area contributed by atoms with E-state index in [4.69, 9.17) is 15.0 Å². The van der Waals surface area contributed by atoms with Crippen LogP contribution in [0.15, 0.2) is 28.1 Å². The topological polar surface area (TPSA) is 73.6 Å². The average Bonchev–Trinajstić information content (AvgIpc) is 2.66. The summed E-state index contributed by atoms with van der Waals surface area (Å²) in [6.07, 6.45) is 1.91. The van der Waals surface area contributed by atoms with Crippen molar-refractivity contribution in [2.75, 3.05) is 12.3 Å². The first kappa shape index (κ1) is 19.0. The highest BCUT2D eigenvalue weighted by molar-refractivity contribution is 9.10. The molecule has 1 aromatic rings. The molecule has 0 aromatic heterocycles. The molecular formula is C17H24BBrN2O3. The van der Waals surface area contributed by atoms with Crippen molar-refractivity contribution in [2.24, 2.45) is 0 Å². The third kappa shape index (κ3) is 4.20. The average molecular weight is 395 g/mol. The van der Waals surface area contributed by atoms with Crippen molar-refractivity contribution < 1.29 is 14.1 Å². The Balaban J connectivity index is 2.37. The normalized spacial score (nSPS) is 19.4. The van der Waals surface area contributed by atoms with Gasteiger partial charge in [-0.15, -0.1) is 0 Å². The molecule has 2 rings (SSSR count). The molecule has 0 bridgehead atoms. The van der Waals surface area contributed by atoms with Crippen molar-refractivity contribution in [3.05, 3.63) is 33.7 Å². The minimum Gasteiger partial charge on any atom is -0.400 e. The Kier molecular flexibility index (Phi) is 5.47. The second-order valence-corrected chi connectivity index (χ2v) is 7.91. The van der Waals surface area contributed by atoms with Crippen LogP contribution in [0.4, 0.5) is 5.69 Å². The predicted molar refractivity (Wildman–Crippen MR) is 101 cm³/mol. The van der Waals surface area contributed by atoms with Gasteiger partial charge in [-0.1, -0.05) is 22.0 Å². The number of anilines is 1. The molecule has 1 amide bonds. The molecule has 0 saturated carbocycles. The molecule has 0 aliphatic carbocycles. The van der Waals surface area contributed by atoms with Gasteiger partial charge in [-0.25, -0.2) is 0 Å². The number of amides is 1. The van der Waals surface area contributed by atoms with Crippen molar-refractivity contribution in [1.82, 2.24) is 5.32 Å². The molecule has 1 saturated heterocycles. The van der Waals surface area contributed by atoms with E-state index in [1.807, 2.05) is 52.0 Å². The van der Waals surface area contributed by atoms with Gasteiger partial charge in [0, 0.05) is 23.6 Å². The highest BCUT2D eigenvalue weighted by Gasteiger charge is 2.52. The lowest BCUT2D eigenvalue weighted by molar-refractivity contribution is -0.118. The second kappa shape index (κ2) is 6.90. The minimum absolute atomic E-state index is 0.111. The summed E-state index contributed by atoms with van der Waals surface area (Å²) in [5.74, 6) is -0.111. The summed E-state index contributed by atoms with van der Waals surface area (Å²) >= 11 is 3.45. The number of halogens is 1. The Morgan fingerprint density at radius 3 is 2.42 bits per heavy atom. The lowest BCUT2D eigenvalue weighted by atomic mass is 9.77. The van der Waals surface area contributed by atoms with Gasteiger partial charge in [0.25, 0.3) is 0 Å². The largest absolute Gasteiger partial charge is 0.492 e. The molecule has 0 atom stereocenters. The van der Waals surface area contributed by atoms with Crippen LogP contribution in [-0.2, 0) is 14.1 Å². The first-order chi connectivity index (χ1) is 11.0. The lowest BCUT2D eigenvalue weighted by Gasteiger charge is -2.32. The van der Waals surface area contributed by atoms with Gasteiger partial charge >= 0.3 is 7.12 Å². The molecular weight excluding hydrogens is 371 g/mol. The maximum absolute atomic E-state index is 11.3. The van der Waals surface area contributed by atoms with E-state index in [0.29, 0.717) is 12.2 Å². The minimum atomic E-state index is -0.541. The molecule has 1 aromatic carbocycles. The fourth-order valence-electron chi connectivity index (χ4n) is 2.29. The molecule has 5 nitrogen and oxygen atoms in total. The molecule has 24 heavy (non-hydrogen) atoms. The second-order valence-electron chi connectivity index (χ2n) is 6.99. The first-order valence-electron chi connectivity index (χ1n) is 7.87. The van der Waals surface area contributed by atoms with Gasteiger partial charge in [0.15, 0.2) is 0 Å².